The van der Waals surface area contributed by atoms with Crippen molar-refractivity contribution in [1.29, 1.82) is 5.26 Å². The fourth-order valence-electron chi connectivity index (χ4n) is 1.38. The number of ether oxygens (including phenoxy) is 1. The summed E-state index contributed by atoms with van der Waals surface area (Å²) in [7, 11) is 0. The molecule has 0 heterocycles. The van der Waals surface area contributed by atoms with Crippen LogP contribution in [0.2, 0.25) is 0 Å². The van der Waals surface area contributed by atoms with Crippen LogP contribution < -0.4 is 5.32 Å². The molecule has 0 aliphatic heterocycles. The maximum atomic E-state index is 11.6. The van der Waals surface area contributed by atoms with Crippen LogP contribution in [0.1, 0.15) is 25.3 Å². The summed E-state index contributed by atoms with van der Waals surface area (Å²) in [5, 5.41) is 11.5. The predicted octanol–water partition coefficient (Wildman–Crippen LogP) is 3.08. The smallest absolute Gasteiger partial charge is 0.224 e. The molecule has 0 aliphatic carbocycles. The number of rotatable bonds is 6. The number of nitriles is 1. The van der Waals surface area contributed by atoms with Crippen molar-refractivity contribution in [2.24, 2.45) is 0 Å². The second-order valence-corrected chi connectivity index (χ2v) is 4.51. The molecule has 18 heavy (non-hydrogen) atoms. The third-order valence-corrected chi connectivity index (χ3v) is 2.92. The summed E-state index contributed by atoms with van der Waals surface area (Å²) in [4.78, 5) is 11.6. The Bertz CT molecular complexity index is 455. The van der Waals surface area contributed by atoms with Crippen LogP contribution in [0.3, 0.4) is 0 Å². The van der Waals surface area contributed by atoms with E-state index in [0.29, 0.717) is 41.8 Å². The summed E-state index contributed by atoms with van der Waals surface area (Å²) in [6.45, 7) is 3.19. The van der Waals surface area contributed by atoms with Gasteiger partial charge in [-0.3, -0.25) is 4.79 Å². The van der Waals surface area contributed by atoms with E-state index in [1.54, 1.807) is 18.2 Å². The Morgan fingerprint density at radius 2 is 2.33 bits per heavy atom. The fraction of sp³-hybridized carbons (Fsp3) is 0.385. The molecule has 96 valence electrons. The van der Waals surface area contributed by atoms with Gasteiger partial charge in [0.25, 0.3) is 0 Å². The molecule has 0 saturated carbocycles. The zero-order chi connectivity index (χ0) is 13.4. The van der Waals surface area contributed by atoms with Gasteiger partial charge in [-0.1, -0.05) is 0 Å². The van der Waals surface area contributed by atoms with E-state index in [1.165, 1.54) is 0 Å². The fourth-order valence-corrected chi connectivity index (χ4v) is 1.86. The van der Waals surface area contributed by atoms with Gasteiger partial charge in [0.05, 0.1) is 17.3 Å². The Balaban J connectivity index is 2.47. The van der Waals surface area contributed by atoms with E-state index in [1.807, 2.05) is 13.0 Å². The molecule has 1 amide bonds. The monoisotopic (exact) mass is 310 g/mol. The average molecular weight is 311 g/mol. The molecule has 1 rings (SSSR count). The molecule has 0 aromatic heterocycles. The number of hydrogen-bond donors (Lipinski definition) is 1. The highest BCUT2D eigenvalue weighted by molar-refractivity contribution is 9.10. The highest BCUT2D eigenvalue weighted by Crippen LogP contribution is 2.23. The molecule has 1 aromatic rings. The third-order valence-electron chi connectivity index (χ3n) is 2.27. The van der Waals surface area contributed by atoms with E-state index in [2.05, 4.69) is 21.2 Å². The molecule has 0 fully saturated rings. The molecule has 1 aromatic carbocycles. The molecule has 0 spiro atoms. The topological polar surface area (TPSA) is 62.1 Å². The Hall–Kier alpha value is -1.38. The van der Waals surface area contributed by atoms with Crippen LogP contribution in [0, 0.1) is 11.3 Å². The van der Waals surface area contributed by atoms with Gasteiger partial charge in [0, 0.05) is 24.1 Å². The number of anilines is 1. The number of hydrogen-bond acceptors (Lipinski definition) is 3. The number of nitrogens with zero attached hydrogens (tertiary/aromatic N) is 1. The number of nitrogens with one attached hydrogen (secondary N) is 1. The lowest BCUT2D eigenvalue weighted by molar-refractivity contribution is -0.116. The predicted molar refractivity (Wildman–Crippen MR) is 73.2 cm³/mol. The van der Waals surface area contributed by atoms with Gasteiger partial charge in [-0.15, -0.1) is 0 Å². The molecule has 0 unspecified atom stereocenters. The van der Waals surface area contributed by atoms with E-state index in [-0.39, 0.29) is 5.91 Å². The van der Waals surface area contributed by atoms with Gasteiger partial charge in [-0.25, -0.2) is 0 Å². The second-order valence-electron chi connectivity index (χ2n) is 3.66. The first-order valence-corrected chi connectivity index (χ1v) is 6.54. The Kier molecular flexibility index (Phi) is 6.40. The van der Waals surface area contributed by atoms with Crippen molar-refractivity contribution in [3.8, 4) is 6.07 Å². The third kappa shape index (κ3) is 4.86. The van der Waals surface area contributed by atoms with Crippen molar-refractivity contribution in [2.75, 3.05) is 18.5 Å². The highest BCUT2D eigenvalue weighted by atomic mass is 79.9. The van der Waals surface area contributed by atoms with Crippen molar-refractivity contribution in [3.05, 3.63) is 28.2 Å². The highest BCUT2D eigenvalue weighted by Gasteiger charge is 2.06. The molecule has 1 N–H and O–H groups in total. The standard InChI is InChI=1S/C13H15BrN2O2/c1-2-18-7-3-4-13(17)16-12-6-5-10(9-15)8-11(12)14/h5-6,8H,2-4,7H2,1H3,(H,16,17). The van der Waals surface area contributed by atoms with Gasteiger partial charge in [-0.05, 0) is 47.5 Å². The zero-order valence-electron chi connectivity index (χ0n) is 10.2. The molecule has 0 atom stereocenters. The van der Waals surface area contributed by atoms with Gasteiger partial charge in [0.15, 0.2) is 0 Å². The number of amides is 1. The largest absolute Gasteiger partial charge is 0.382 e. The van der Waals surface area contributed by atoms with Crippen LogP contribution in [-0.2, 0) is 9.53 Å². The minimum absolute atomic E-state index is 0.0555. The number of carbonyl (C=O) groups excluding carboxylic acids is 1. The molecule has 4 nitrogen and oxygen atoms in total. The molecule has 0 aliphatic rings. The minimum Gasteiger partial charge on any atom is -0.382 e. The number of carbonyl (C=O) groups is 1. The molecular formula is C13H15BrN2O2. The maximum absolute atomic E-state index is 11.6. The molecule has 0 saturated heterocycles. The number of benzene rings is 1. The normalized spacial score (nSPS) is 9.83. The van der Waals surface area contributed by atoms with E-state index >= 15 is 0 Å². The van der Waals surface area contributed by atoms with Crippen molar-refractivity contribution in [2.45, 2.75) is 19.8 Å². The first-order chi connectivity index (χ1) is 8.67. The Morgan fingerprint density at radius 1 is 1.56 bits per heavy atom. The van der Waals surface area contributed by atoms with Crippen LogP contribution in [-0.4, -0.2) is 19.1 Å². The van der Waals surface area contributed by atoms with Gasteiger partial charge >= 0.3 is 0 Å². The van der Waals surface area contributed by atoms with Crippen molar-refractivity contribution >= 4 is 27.5 Å². The quantitative estimate of drug-likeness (QED) is 0.821. The van der Waals surface area contributed by atoms with E-state index < -0.39 is 0 Å². The average Bonchev–Trinajstić information content (AvgIpc) is 2.37. The van der Waals surface area contributed by atoms with E-state index in [9.17, 15) is 4.79 Å². The first kappa shape index (κ1) is 14.7. The molecule has 0 radical (unpaired) electrons. The maximum Gasteiger partial charge on any atom is 0.224 e. The molecular weight excluding hydrogens is 296 g/mol. The van der Waals surface area contributed by atoms with Gasteiger partial charge in [0.2, 0.25) is 5.91 Å². The minimum atomic E-state index is -0.0555. The van der Waals surface area contributed by atoms with E-state index in [4.69, 9.17) is 10.00 Å². The summed E-state index contributed by atoms with van der Waals surface area (Å²) in [5.74, 6) is -0.0555. The summed E-state index contributed by atoms with van der Waals surface area (Å²) in [6, 6.07) is 7.09. The van der Waals surface area contributed by atoms with E-state index in [0.717, 1.165) is 0 Å². The van der Waals surface area contributed by atoms with Gasteiger partial charge < -0.3 is 10.1 Å². The van der Waals surface area contributed by atoms with Gasteiger partial charge in [0.1, 0.15) is 0 Å². The van der Waals surface area contributed by atoms with Crippen molar-refractivity contribution < 1.29 is 9.53 Å². The van der Waals surface area contributed by atoms with Crippen molar-refractivity contribution in [1.82, 2.24) is 0 Å². The first-order valence-electron chi connectivity index (χ1n) is 5.74. The summed E-state index contributed by atoms with van der Waals surface area (Å²) >= 11 is 3.32. The number of halogens is 1. The summed E-state index contributed by atoms with van der Waals surface area (Å²) < 4.78 is 5.87. The van der Waals surface area contributed by atoms with Crippen LogP contribution in [0.4, 0.5) is 5.69 Å². The van der Waals surface area contributed by atoms with Crippen LogP contribution in [0.5, 0.6) is 0 Å². The molecule has 0 bridgehead atoms. The Morgan fingerprint density at radius 3 is 2.94 bits per heavy atom. The summed E-state index contributed by atoms with van der Waals surface area (Å²) in [5.41, 5.74) is 1.23. The van der Waals surface area contributed by atoms with Crippen LogP contribution in [0.25, 0.3) is 0 Å². The van der Waals surface area contributed by atoms with Gasteiger partial charge in [-0.2, -0.15) is 5.26 Å². The second kappa shape index (κ2) is 7.85. The lowest BCUT2D eigenvalue weighted by atomic mass is 10.2. The van der Waals surface area contributed by atoms with Crippen LogP contribution in [0.15, 0.2) is 22.7 Å². The zero-order valence-corrected chi connectivity index (χ0v) is 11.8. The Labute approximate surface area is 115 Å². The summed E-state index contributed by atoms with van der Waals surface area (Å²) in [6.07, 6.45) is 1.13. The SMILES string of the molecule is CCOCCCC(=O)Nc1ccc(C#N)cc1Br. The lowest BCUT2D eigenvalue weighted by Gasteiger charge is -2.07. The van der Waals surface area contributed by atoms with Crippen molar-refractivity contribution in [3.63, 3.8) is 0 Å². The van der Waals surface area contributed by atoms with Crippen LogP contribution >= 0.6 is 15.9 Å². The molecule has 5 heteroatoms. The lowest BCUT2D eigenvalue weighted by Crippen LogP contribution is -2.12.